The fourth-order valence-electron chi connectivity index (χ4n) is 0. The van der Waals surface area contributed by atoms with Gasteiger partial charge < -0.3 is 4.79 Å². The molecule has 0 radical (unpaired) electrons. The maximum Gasteiger partial charge on any atom is 1.00 e. The van der Waals surface area contributed by atoms with Crippen LogP contribution in [0.25, 0.3) is 0 Å². The molecule has 0 aliphatic carbocycles. The topological polar surface area (TPSA) is 17.1 Å². The molecule has 0 amide bonds. The molecule has 0 aliphatic heterocycles. The molecule has 0 aromatic heterocycles. The van der Waals surface area contributed by atoms with Crippen molar-refractivity contribution in [1.82, 2.24) is 0 Å². The smallest absolute Gasteiger partial charge is 0.542 e. The summed E-state index contributed by atoms with van der Waals surface area (Å²) < 4.78 is 0. The van der Waals surface area contributed by atoms with Gasteiger partial charge in [0.15, 0.2) is 0 Å². The summed E-state index contributed by atoms with van der Waals surface area (Å²) in [5.74, 6) is 0.0787. The second-order valence-corrected chi connectivity index (χ2v) is 1.27. The molecule has 0 saturated heterocycles. The molecule has 6 heavy (non-hydrogen) atoms. The van der Waals surface area contributed by atoms with Gasteiger partial charge in [-0.1, -0.05) is 13.8 Å². The van der Waals surface area contributed by atoms with Crippen LogP contribution >= 0.6 is 0 Å². The van der Waals surface area contributed by atoms with E-state index in [9.17, 15) is 4.79 Å². The van der Waals surface area contributed by atoms with E-state index in [0.717, 1.165) is 0 Å². The summed E-state index contributed by atoms with van der Waals surface area (Å²) in [5, 5.41) is 0. The normalized spacial score (nSPS) is 7.17. The number of hydrogen-bond acceptors (Lipinski definition) is 1. The van der Waals surface area contributed by atoms with Crippen LogP contribution in [0.2, 0.25) is 0 Å². The SMILES string of the molecule is CC(C)[C-]=O.[Li+]. The van der Waals surface area contributed by atoms with E-state index in [4.69, 9.17) is 0 Å². The Bertz CT molecular complexity index is 34.5. The van der Waals surface area contributed by atoms with Crippen molar-refractivity contribution in [2.24, 2.45) is 5.92 Å². The Hall–Kier alpha value is 0.267. The predicted octanol–water partition coefficient (Wildman–Crippen LogP) is -2.24. The van der Waals surface area contributed by atoms with Gasteiger partial charge in [0.2, 0.25) is 0 Å². The van der Waals surface area contributed by atoms with Crippen molar-refractivity contribution in [2.45, 2.75) is 13.8 Å². The first kappa shape index (κ1) is 9.55. The Morgan fingerprint density at radius 2 is 1.67 bits per heavy atom. The first-order chi connectivity index (χ1) is 2.27. The summed E-state index contributed by atoms with van der Waals surface area (Å²) in [6, 6.07) is 0. The van der Waals surface area contributed by atoms with Crippen LogP contribution in [0.5, 0.6) is 0 Å². The van der Waals surface area contributed by atoms with E-state index in [1.165, 1.54) is 0 Å². The molecule has 0 spiro atoms. The molecule has 0 aromatic rings. The zero-order chi connectivity index (χ0) is 4.28. The molecule has 0 aliphatic rings. The van der Waals surface area contributed by atoms with E-state index in [-0.39, 0.29) is 24.8 Å². The molecule has 0 bridgehead atoms. The minimum absolute atomic E-state index is 0. The van der Waals surface area contributed by atoms with Gasteiger partial charge in [0.25, 0.3) is 0 Å². The summed E-state index contributed by atoms with van der Waals surface area (Å²) in [7, 11) is 0. The Morgan fingerprint density at radius 1 is 1.50 bits per heavy atom. The van der Waals surface area contributed by atoms with Crippen LogP contribution < -0.4 is 18.9 Å². The van der Waals surface area contributed by atoms with E-state index in [2.05, 4.69) is 0 Å². The Labute approximate surface area is 50.3 Å². The molecule has 0 N–H and O–H groups in total. The molecular weight excluding hydrogens is 71.0 g/mol. The molecule has 0 rings (SSSR count). The second-order valence-electron chi connectivity index (χ2n) is 1.27. The van der Waals surface area contributed by atoms with E-state index in [1.807, 2.05) is 0 Å². The largest absolute Gasteiger partial charge is 1.00 e. The molecule has 1 nitrogen and oxygen atoms in total. The Kier molecular flexibility index (Phi) is 8.38. The molecule has 30 valence electrons. The predicted molar refractivity (Wildman–Crippen MR) is 20.5 cm³/mol. The summed E-state index contributed by atoms with van der Waals surface area (Å²) in [5.41, 5.74) is 0. The minimum atomic E-state index is 0. The fourth-order valence-corrected chi connectivity index (χ4v) is 0. The first-order valence-corrected chi connectivity index (χ1v) is 1.65. The van der Waals surface area contributed by atoms with Gasteiger partial charge in [0.05, 0.1) is 0 Å². The molecular formula is C4H7LiO. The van der Waals surface area contributed by atoms with E-state index >= 15 is 0 Å². The third-order valence-electron chi connectivity index (χ3n) is 0.236. The summed E-state index contributed by atoms with van der Waals surface area (Å²) >= 11 is 0. The molecule has 0 saturated carbocycles. The molecule has 2 heteroatoms. The molecule has 0 aromatic carbocycles. The maximum absolute atomic E-state index is 9.38. The third-order valence-corrected chi connectivity index (χ3v) is 0.236. The zero-order valence-electron chi connectivity index (χ0n) is 4.49. The average Bonchev–Trinajstić information content (AvgIpc) is 1.38. The van der Waals surface area contributed by atoms with E-state index in [0.29, 0.717) is 0 Å². The third kappa shape index (κ3) is 8.86. The van der Waals surface area contributed by atoms with Crippen LogP contribution in [0.4, 0.5) is 0 Å². The van der Waals surface area contributed by atoms with Gasteiger partial charge in [-0.25, -0.2) is 0 Å². The van der Waals surface area contributed by atoms with Crippen molar-refractivity contribution < 1.29 is 23.7 Å². The molecule has 0 atom stereocenters. The zero-order valence-corrected chi connectivity index (χ0v) is 4.49. The van der Waals surface area contributed by atoms with Gasteiger partial charge in [0.1, 0.15) is 0 Å². The first-order valence-electron chi connectivity index (χ1n) is 1.65. The standard InChI is InChI=1S/C4H7O.Li/c1-4(2)3-5;/h4H,1-2H3;/q-1;+1. The molecule has 0 fully saturated rings. The maximum atomic E-state index is 9.38. The summed E-state index contributed by atoms with van der Waals surface area (Å²) in [4.78, 5) is 9.38. The molecule has 0 unspecified atom stereocenters. The number of rotatable bonds is 1. The van der Waals surface area contributed by atoms with Crippen LogP contribution in [0.3, 0.4) is 0 Å². The van der Waals surface area contributed by atoms with E-state index in [1.54, 1.807) is 20.1 Å². The van der Waals surface area contributed by atoms with Gasteiger partial charge in [-0.2, -0.15) is 0 Å². The summed E-state index contributed by atoms with van der Waals surface area (Å²) in [6.07, 6.45) is 1.78. The van der Waals surface area contributed by atoms with Crippen LogP contribution in [0, 0.1) is 5.92 Å². The van der Waals surface area contributed by atoms with Crippen molar-refractivity contribution in [3.8, 4) is 0 Å². The Balaban J connectivity index is 0. The second kappa shape index (κ2) is 5.27. The van der Waals surface area contributed by atoms with Gasteiger partial charge >= 0.3 is 18.9 Å². The van der Waals surface area contributed by atoms with Crippen molar-refractivity contribution in [3.05, 3.63) is 0 Å². The number of carbonyl (C=O) groups excluding carboxylic acids is 1. The minimum Gasteiger partial charge on any atom is -0.542 e. The van der Waals surface area contributed by atoms with E-state index < -0.39 is 0 Å². The van der Waals surface area contributed by atoms with Crippen molar-refractivity contribution in [2.75, 3.05) is 0 Å². The van der Waals surface area contributed by atoms with Gasteiger partial charge in [0, 0.05) is 0 Å². The van der Waals surface area contributed by atoms with Gasteiger partial charge in [-0.15, -0.1) is 5.92 Å². The van der Waals surface area contributed by atoms with Crippen LogP contribution in [0.1, 0.15) is 13.8 Å². The number of hydrogen-bond donors (Lipinski definition) is 0. The van der Waals surface area contributed by atoms with Crippen molar-refractivity contribution in [1.29, 1.82) is 0 Å². The molecule has 0 heterocycles. The van der Waals surface area contributed by atoms with Gasteiger partial charge in [-0.3, -0.25) is 6.29 Å². The van der Waals surface area contributed by atoms with Crippen molar-refractivity contribution in [3.63, 3.8) is 0 Å². The quantitative estimate of drug-likeness (QED) is 0.256. The average molecular weight is 78.0 g/mol. The van der Waals surface area contributed by atoms with Crippen LogP contribution in [-0.2, 0) is 4.79 Å². The van der Waals surface area contributed by atoms with Gasteiger partial charge in [-0.05, 0) is 0 Å². The monoisotopic (exact) mass is 78.1 g/mol. The van der Waals surface area contributed by atoms with Crippen LogP contribution in [-0.4, -0.2) is 6.29 Å². The van der Waals surface area contributed by atoms with Crippen molar-refractivity contribution >= 4 is 6.29 Å². The summed E-state index contributed by atoms with van der Waals surface area (Å²) in [6.45, 7) is 3.60. The fraction of sp³-hybridized carbons (Fsp3) is 0.750. The van der Waals surface area contributed by atoms with Crippen LogP contribution in [0.15, 0.2) is 0 Å². The Morgan fingerprint density at radius 3 is 1.67 bits per heavy atom.